The monoisotopic (exact) mass is 232 g/mol. The summed E-state index contributed by atoms with van der Waals surface area (Å²) in [5.74, 6) is 0. The van der Waals surface area contributed by atoms with Gasteiger partial charge in [-0.05, 0) is 33.9 Å². The number of rotatable bonds is 10. The number of hydrogen-bond donors (Lipinski definition) is 2. The molecule has 0 bridgehead atoms. The molecule has 0 aliphatic carbocycles. The second kappa shape index (κ2) is 8.93. The van der Waals surface area contributed by atoms with Gasteiger partial charge >= 0.3 is 0 Å². The second-order valence-electron chi connectivity index (χ2n) is 4.58. The quantitative estimate of drug-likeness (QED) is 0.544. The maximum atomic E-state index is 9.41. The van der Waals surface area contributed by atoms with Gasteiger partial charge in [-0.2, -0.15) is 0 Å². The summed E-state index contributed by atoms with van der Waals surface area (Å²) in [5.41, 5.74) is -0.211. The van der Waals surface area contributed by atoms with Gasteiger partial charge < -0.3 is 20.1 Å². The smallest absolute Gasteiger partial charge is 0.0623 e. The minimum atomic E-state index is -0.211. The van der Waals surface area contributed by atoms with Crippen molar-refractivity contribution in [3.8, 4) is 0 Å². The van der Waals surface area contributed by atoms with Gasteiger partial charge in [-0.25, -0.2) is 0 Å². The predicted octanol–water partition coefficient (Wildman–Crippen LogP) is 0.705. The third-order valence-corrected chi connectivity index (χ3v) is 2.59. The molecule has 0 aromatic rings. The van der Waals surface area contributed by atoms with E-state index in [9.17, 15) is 5.11 Å². The van der Waals surface area contributed by atoms with Gasteiger partial charge in [0, 0.05) is 19.7 Å². The average molecular weight is 232 g/mol. The van der Waals surface area contributed by atoms with E-state index in [1.54, 1.807) is 0 Å². The first kappa shape index (κ1) is 15.8. The normalized spacial score (nSPS) is 15.4. The molecule has 0 saturated heterocycles. The summed E-state index contributed by atoms with van der Waals surface area (Å²) in [6.45, 7) is 10.5. The van der Waals surface area contributed by atoms with Crippen molar-refractivity contribution in [1.29, 1.82) is 0 Å². The number of ether oxygens (including phenoxy) is 1. The molecule has 0 aliphatic heterocycles. The van der Waals surface area contributed by atoms with Crippen molar-refractivity contribution in [3.05, 3.63) is 0 Å². The molecule has 1 atom stereocenters. The maximum Gasteiger partial charge on any atom is 0.0623 e. The third-order valence-electron chi connectivity index (χ3n) is 2.59. The van der Waals surface area contributed by atoms with Crippen LogP contribution in [0, 0.1) is 0 Å². The molecule has 0 spiro atoms. The average Bonchev–Trinajstić information content (AvgIpc) is 2.27. The molecule has 0 saturated carbocycles. The lowest BCUT2D eigenvalue weighted by Gasteiger charge is -2.33. The van der Waals surface area contributed by atoms with Crippen LogP contribution in [0.3, 0.4) is 0 Å². The van der Waals surface area contributed by atoms with Gasteiger partial charge in [0.25, 0.3) is 0 Å². The Balaban J connectivity index is 3.89. The van der Waals surface area contributed by atoms with Crippen LogP contribution in [0.1, 0.15) is 27.2 Å². The molecule has 0 aromatic heterocycles. The van der Waals surface area contributed by atoms with Crippen LogP contribution in [-0.2, 0) is 4.74 Å². The molecule has 0 radical (unpaired) electrons. The van der Waals surface area contributed by atoms with E-state index in [0.717, 1.165) is 39.3 Å². The number of nitrogens with one attached hydrogen (secondary N) is 1. The molecule has 0 amide bonds. The molecule has 0 aromatic carbocycles. The van der Waals surface area contributed by atoms with E-state index in [4.69, 9.17) is 4.74 Å². The molecule has 4 heteroatoms. The Morgan fingerprint density at radius 1 is 1.38 bits per heavy atom. The number of nitrogens with zero attached hydrogens (tertiary/aromatic N) is 1. The second-order valence-corrected chi connectivity index (χ2v) is 4.58. The Labute approximate surface area is 100.0 Å². The minimum absolute atomic E-state index is 0.159. The van der Waals surface area contributed by atoms with Crippen LogP contribution < -0.4 is 5.32 Å². The lowest BCUT2D eigenvalue weighted by atomic mass is 10.0. The van der Waals surface area contributed by atoms with E-state index in [0.29, 0.717) is 0 Å². The molecule has 98 valence electrons. The predicted molar refractivity (Wildman–Crippen MR) is 67.8 cm³/mol. The summed E-state index contributed by atoms with van der Waals surface area (Å²) in [5, 5.41) is 12.8. The maximum absolute atomic E-state index is 9.41. The lowest BCUT2D eigenvalue weighted by Crippen LogP contribution is -2.53. The highest BCUT2D eigenvalue weighted by atomic mass is 16.5. The topological polar surface area (TPSA) is 44.7 Å². The van der Waals surface area contributed by atoms with Gasteiger partial charge in [0.2, 0.25) is 0 Å². The summed E-state index contributed by atoms with van der Waals surface area (Å²) in [4.78, 5) is 2.19. The number of hydrogen-bond acceptors (Lipinski definition) is 4. The van der Waals surface area contributed by atoms with Crippen molar-refractivity contribution >= 4 is 0 Å². The Morgan fingerprint density at radius 2 is 2.06 bits per heavy atom. The molecule has 0 rings (SSSR count). The zero-order valence-corrected chi connectivity index (χ0v) is 11.3. The van der Waals surface area contributed by atoms with Crippen LogP contribution in [-0.4, -0.2) is 62.0 Å². The van der Waals surface area contributed by atoms with Crippen LogP contribution in [0.15, 0.2) is 0 Å². The molecule has 1 unspecified atom stereocenters. The lowest BCUT2D eigenvalue weighted by molar-refractivity contribution is 0.0934. The van der Waals surface area contributed by atoms with Gasteiger partial charge in [-0.15, -0.1) is 0 Å². The van der Waals surface area contributed by atoms with Crippen molar-refractivity contribution in [3.63, 3.8) is 0 Å². The fourth-order valence-corrected chi connectivity index (χ4v) is 1.63. The molecule has 0 fully saturated rings. The van der Waals surface area contributed by atoms with Crippen molar-refractivity contribution in [2.24, 2.45) is 0 Å². The Bertz CT molecular complexity index is 167. The van der Waals surface area contributed by atoms with E-state index in [1.807, 2.05) is 6.92 Å². The molecular formula is C12H28N2O2. The summed E-state index contributed by atoms with van der Waals surface area (Å²) < 4.78 is 5.31. The van der Waals surface area contributed by atoms with E-state index < -0.39 is 0 Å². The molecule has 2 N–H and O–H groups in total. The van der Waals surface area contributed by atoms with Gasteiger partial charge in [0.15, 0.2) is 0 Å². The summed E-state index contributed by atoms with van der Waals surface area (Å²) in [6, 6.07) is 0. The molecule has 0 heterocycles. The highest BCUT2D eigenvalue weighted by molar-refractivity contribution is 4.85. The highest BCUT2D eigenvalue weighted by Crippen LogP contribution is 2.05. The van der Waals surface area contributed by atoms with Gasteiger partial charge in [-0.3, -0.25) is 0 Å². The third kappa shape index (κ3) is 7.17. The van der Waals surface area contributed by atoms with Crippen LogP contribution in [0.5, 0.6) is 0 Å². The molecule has 16 heavy (non-hydrogen) atoms. The van der Waals surface area contributed by atoms with Crippen molar-refractivity contribution in [1.82, 2.24) is 10.2 Å². The standard InChI is InChI=1S/C12H28N2O2/c1-5-7-13-12(3,11-15)10-14(4)8-9-16-6-2/h13,15H,5-11H2,1-4H3. The number of aliphatic hydroxyl groups excluding tert-OH is 1. The molecule has 4 nitrogen and oxygen atoms in total. The molecule has 0 aliphatic rings. The zero-order chi connectivity index (χ0) is 12.4. The van der Waals surface area contributed by atoms with Crippen molar-refractivity contribution < 1.29 is 9.84 Å². The van der Waals surface area contributed by atoms with Crippen LogP contribution >= 0.6 is 0 Å². The SMILES string of the molecule is CCCNC(C)(CO)CN(C)CCOCC. The first-order valence-corrected chi connectivity index (χ1v) is 6.20. The van der Waals surface area contributed by atoms with Crippen molar-refractivity contribution in [2.45, 2.75) is 32.7 Å². The van der Waals surface area contributed by atoms with Crippen LogP contribution in [0.2, 0.25) is 0 Å². The number of likely N-dealkylation sites (N-methyl/N-ethyl adjacent to an activating group) is 1. The van der Waals surface area contributed by atoms with Crippen LogP contribution in [0.4, 0.5) is 0 Å². The first-order chi connectivity index (χ1) is 7.58. The first-order valence-electron chi connectivity index (χ1n) is 6.20. The summed E-state index contributed by atoms with van der Waals surface area (Å²) in [7, 11) is 2.06. The van der Waals surface area contributed by atoms with Crippen molar-refractivity contribution in [2.75, 3.05) is 46.5 Å². The van der Waals surface area contributed by atoms with Gasteiger partial charge in [0.1, 0.15) is 0 Å². The Kier molecular flexibility index (Phi) is 8.84. The zero-order valence-electron chi connectivity index (χ0n) is 11.3. The minimum Gasteiger partial charge on any atom is -0.394 e. The molecular weight excluding hydrogens is 204 g/mol. The Morgan fingerprint density at radius 3 is 2.56 bits per heavy atom. The Hall–Kier alpha value is -0.160. The van der Waals surface area contributed by atoms with E-state index >= 15 is 0 Å². The van der Waals surface area contributed by atoms with Gasteiger partial charge in [0.05, 0.1) is 18.8 Å². The summed E-state index contributed by atoms with van der Waals surface area (Å²) >= 11 is 0. The largest absolute Gasteiger partial charge is 0.394 e. The fraction of sp³-hybridized carbons (Fsp3) is 1.00. The van der Waals surface area contributed by atoms with Crippen LogP contribution in [0.25, 0.3) is 0 Å². The number of aliphatic hydroxyl groups is 1. The van der Waals surface area contributed by atoms with E-state index in [1.165, 1.54) is 0 Å². The summed E-state index contributed by atoms with van der Waals surface area (Å²) in [6.07, 6.45) is 1.08. The highest BCUT2D eigenvalue weighted by Gasteiger charge is 2.23. The van der Waals surface area contributed by atoms with E-state index in [2.05, 4.69) is 31.1 Å². The fourth-order valence-electron chi connectivity index (χ4n) is 1.63. The van der Waals surface area contributed by atoms with E-state index in [-0.39, 0.29) is 12.1 Å². The van der Waals surface area contributed by atoms with Gasteiger partial charge in [-0.1, -0.05) is 6.92 Å².